The summed E-state index contributed by atoms with van der Waals surface area (Å²) in [5.41, 5.74) is 24.0. The summed E-state index contributed by atoms with van der Waals surface area (Å²) < 4.78 is 4.93. The summed E-state index contributed by atoms with van der Waals surface area (Å²) in [6.07, 6.45) is 12.0. The first-order valence-corrected chi connectivity index (χ1v) is 36.2. The number of nitrogens with zero attached hydrogens (tertiary/aromatic N) is 10. The van der Waals surface area contributed by atoms with Gasteiger partial charge in [-0.15, -0.1) is 0 Å². The van der Waals surface area contributed by atoms with Gasteiger partial charge in [0.25, 0.3) is 40.9 Å². The van der Waals surface area contributed by atoms with E-state index in [9.17, 15) is 77.0 Å². The fraction of sp³-hybridized carbons (Fsp3) is 0.329. The SMILES string of the molecule is NNC(=O)CCC(=O)CCC(NC(=O)c1ccc(NCc2cnc3nc(N)[nH]c(=O)c3n2)cc1)C(=O)O.Nc1nc2ncc(CNc3ccc(C(=O)NC(CCC(=O)CCC(=O)N/N=C/C4CCC4)OC=O)cc3)nc2c(=O)[nH]1.Nc1nc2ncc(CNc3ccc(C(=O)NC(CCC(=O)O)C(=O)O)cc3)nc2c(=O)[nH]1.O=CC1CCC1. The number of hydrazine groups is 1. The number of hydrazone groups is 1. The van der Waals surface area contributed by atoms with E-state index in [0.717, 1.165) is 32.0 Å². The molecule has 6 heterocycles. The largest absolute Gasteiger partial charge is 0.481 e. The molecule has 9 aromatic rings. The average molecular weight is 1610 g/mol. The molecule has 2 saturated carbocycles. The van der Waals surface area contributed by atoms with Crippen molar-refractivity contribution < 1.29 is 77.6 Å². The minimum absolute atomic E-state index is 0.00719. The standard InChI is InChI=1S/C27H31N9O6.C22H25N9O6.C19H19N7O6.C5H8O/c28-27-34-24-23(26(41)35-27)32-19(14-30-24)13-29-18-6-4-17(5-7-18)25(40)33-22(42-15-37)11-9-20(38)8-10-21(39)36-31-12-16-2-1-3-16;23-22-29-18-17(20(35)30-22)27-13(10-26-18)9-25-12-3-1-11(2-4-12)19(34)28-15(21(36)37)7-5-14(32)6-8-16(33)31-24;20-19-25-15-14(17(30)26-19)23-11(8-22-15)7-21-10-3-1-9(2-4-10)16(29)24-12(18(31)32)5-6-13(27)28;6-4-5-2-1-3-5/h4-7,12,14-16,22,29H,1-3,8-11,13H2,(H,33,40)(H,36,39)(H3,28,30,34,35,41);1-4,10,15,25H,5-9,24H2,(H,28,34)(H,31,33)(H,36,37)(H3,23,26,29,30,35);1-4,8,12,21H,5-7H2,(H,24,29)(H,27,28)(H,31,32)(H3,20,22,25,26,30);4-5H,1-3H2/b31-12+;;;. The van der Waals surface area contributed by atoms with Gasteiger partial charge in [0, 0.05) is 97.3 Å². The Labute approximate surface area is 660 Å². The number of carboxylic acid groups (broad SMARTS) is 3. The Morgan fingerprint density at radius 1 is 0.479 bits per heavy atom. The fourth-order valence-electron chi connectivity index (χ4n) is 10.6. The molecule has 6 aromatic heterocycles. The minimum atomic E-state index is -1.31. The van der Waals surface area contributed by atoms with Crippen LogP contribution in [0.3, 0.4) is 0 Å². The number of nitrogens with one attached hydrogen (secondary N) is 11. The number of Topliss-reactive ketones (excluding diaryl/α,β-unsaturated/α-hetero) is 2. The van der Waals surface area contributed by atoms with E-state index < -0.39 is 76.5 Å². The van der Waals surface area contributed by atoms with E-state index in [4.69, 9.17) is 38.0 Å². The normalized spacial score (nSPS) is 12.9. The number of ketones is 2. The zero-order valence-corrected chi connectivity index (χ0v) is 62.4. The number of carboxylic acids is 3. The Morgan fingerprint density at radius 3 is 1.18 bits per heavy atom. The maximum Gasteiger partial charge on any atom is 0.326 e. The highest BCUT2D eigenvalue weighted by Gasteiger charge is 2.25. The molecule has 0 radical (unpaired) electrons. The average Bonchev–Trinajstić information content (AvgIpc) is 0.818. The number of amides is 5. The molecule has 2 aliphatic carbocycles. The van der Waals surface area contributed by atoms with Crippen molar-refractivity contribution in [2.45, 2.75) is 141 Å². The predicted octanol–water partition coefficient (Wildman–Crippen LogP) is 1.32. The lowest BCUT2D eigenvalue weighted by Gasteiger charge is -2.19. The first kappa shape index (κ1) is 87.6. The number of hydrogen-bond acceptors (Lipinski definition) is 33. The van der Waals surface area contributed by atoms with E-state index in [0.29, 0.717) is 51.5 Å². The van der Waals surface area contributed by atoms with Crippen LogP contribution in [0.4, 0.5) is 34.9 Å². The topological polar surface area (TPSA) is 702 Å². The minimum Gasteiger partial charge on any atom is -0.481 e. The van der Waals surface area contributed by atoms with Crippen molar-refractivity contribution in [1.82, 2.24) is 86.6 Å². The molecular weight excluding hydrogens is 1530 g/mol. The van der Waals surface area contributed by atoms with E-state index in [1.54, 1.807) is 54.7 Å². The van der Waals surface area contributed by atoms with Gasteiger partial charge in [0.05, 0.1) is 55.3 Å². The maximum atomic E-state index is 12.7. The number of aromatic nitrogens is 12. The number of carbonyl (C=O) groups is 12. The Balaban J connectivity index is 0.000000212. The van der Waals surface area contributed by atoms with Crippen LogP contribution in [-0.4, -0.2) is 171 Å². The number of fused-ring (bicyclic) bond motifs is 3. The van der Waals surface area contributed by atoms with E-state index in [-0.39, 0.29) is 170 Å². The molecule has 3 aromatic carbocycles. The second-order valence-electron chi connectivity index (χ2n) is 26.2. The number of H-pyrrole nitrogens is 3. The molecule has 0 aliphatic heterocycles. The Hall–Kier alpha value is -15.0. The molecule has 5 amide bonds. The van der Waals surface area contributed by atoms with Crippen LogP contribution in [0, 0.1) is 11.8 Å². The van der Waals surface area contributed by atoms with Gasteiger partial charge >= 0.3 is 17.9 Å². The van der Waals surface area contributed by atoms with E-state index >= 15 is 0 Å². The van der Waals surface area contributed by atoms with E-state index in [1.165, 1.54) is 55.7 Å². The van der Waals surface area contributed by atoms with Gasteiger partial charge in [0.1, 0.15) is 29.9 Å². The molecule has 11 rings (SSSR count). The van der Waals surface area contributed by atoms with Gasteiger partial charge in [-0.25, -0.2) is 50.8 Å². The Bertz CT molecular complexity index is 5290. The molecule has 0 saturated heterocycles. The van der Waals surface area contributed by atoms with Crippen LogP contribution < -0.4 is 82.5 Å². The molecule has 22 N–H and O–H groups in total. The number of anilines is 6. The smallest absolute Gasteiger partial charge is 0.326 e. The second kappa shape index (κ2) is 43.7. The number of aromatic amines is 3. The van der Waals surface area contributed by atoms with Crippen LogP contribution in [0.5, 0.6) is 0 Å². The Kier molecular flexibility index (Phi) is 32.7. The molecule has 614 valence electrons. The van der Waals surface area contributed by atoms with Crippen LogP contribution in [0.2, 0.25) is 0 Å². The van der Waals surface area contributed by atoms with Gasteiger partial charge < -0.3 is 74.0 Å². The van der Waals surface area contributed by atoms with Crippen molar-refractivity contribution in [2.75, 3.05) is 33.2 Å². The predicted molar refractivity (Wildman–Crippen MR) is 418 cm³/mol. The van der Waals surface area contributed by atoms with Crippen LogP contribution >= 0.6 is 0 Å². The number of nitrogen functional groups attached to an aromatic ring is 3. The van der Waals surface area contributed by atoms with Gasteiger partial charge in [-0.1, -0.05) is 12.8 Å². The lowest BCUT2D eigenvalue weighted by molar-refractivity contribution is -0.141. The lowest BCUT2D eigenvalue weighted by atomic mass is 9.87. The van der Waals surface area contributed by atoms with Crippen molar-refractivity contribution >= 4 is 146 Å². The van der Waals surface area contributed by atoms with Crippen molar-refractivity contribution in [3.05, 3.63) is 156 Å². The number of nitrogens with two attached hydrogens (primary N) is 4. The Morgan fingerprint density at radius 2 is 0.846 bits per heavy atom. The summed E-state index contributed by atoms with van der Waals surface area (Å²) in [5.74, 6) is -1.26. The number of ether oxygens (including phenoxy) is 1. The summed E-state index contributed by atoms with van der Waals surface area (Å²) in [6, 6.07) is 16.3. The third-order valence-electron chi connectivity index (χ3n) is 17.5. The summed E-state index contributed by atoms with van der Waals surface area (Å²) >= 11 is 0. The lowest BCUT2D eigenvalue weighted by Crippen LogP contribution is -2.41. The zero-order valence-electron chi connectivity index (χ0n) is 62.4. The van der Waals surface area contributed by atoms with Crippen molar-refractivity contribution in [2.24, 2.45) is 22.8 Å². The van der Waals surface area contributed by atoms with Crippen molar-refractivity contribution in [3.63, 3.8) is 0 Å². The quantitative estimate of drug-likeness (QED) is 0.00652. The number of aldehydes is 1. The first-order valence-electron chi connectivity index (χ1n) is 36.2. The van der Waals surface area contributed by atoms with Crippen LogP contribution in [-0.2, 0) is 67.5 Å². The van der Waals surface area contributed by atoms with E-state index in [2.05, 4.69) is 102 Å². The number of rotatable bonds is 37. The number of aliphatic carboxylic acids is 3. The van der Waals surface area contributed by atoms with Gasteiger partial charge in [0.2, 0.25) is 29.7 Å². The molecule has 0 spiro atoms. The van der Waals surface area contributed by atoms with Crippen molar-refractivity contribution in [1.29, 1.82) is 0 Å². The fourth-order valence-corrected chi connectivity index (χ4v) is 10.6. The number of carbonyl (C=O) groups excluding carboxylic acids is 9. The van der Waals surface area contributed by atoms with Gasteiger partial charge in [-0.2, -0.15) is 20.1 Å². The molecular formula is C73H83N25O19. The summed E-state index contributed by atoms with van der Waals surface area (Å²) in [7, 11) is 0. The second-order valence-corrected chi connectivity index (χ2v) is 26.2. The molecule has 2 fully saturated rings. The molecule has 117 heavy (non-hydrogen) atoms. The third kappa shape index (κ3) is 28.3. The first-order chi connectivity index (χ1) is 56.1. The molecule has 0 bridgehead atoms. The van der Waals surface area contributed by atoms with Crippen LogP contribution in [0.25, 0.3) is 33.5 Å². The van der Waals surface area contributed by atoms with Crippen LogP contribution in [0.15, 0.2) is 111 Å². The highest BCUT2D eigenvalue weighted by molar-refractivity contribution is 5.98. The number of benzene rings is 3. The molecule has 2 aliphatic rings. The maximum absolute atomic E-state index is 12.7. The molecule has 3 atom stereocenters. The van der Waals surface area contributed by atoms with E-state index in [1.807, 2.05) is 5.43 Å². The third-order valence-corrected chi connectivity index (χ3v) is 17.5. The van der Waals surface area contributed by atoms with Gasteiger partial charge in [-0.05, 0) is 117 Å². The van der Waals surface area contributed by atoms with Gasteiger partial charge in [-0.3, -0.25) is 77.9 Å². The summed E-state index contributed by atoms with van der Waals surface area (Å²) in [5, 5.41) is 47.7. The van der Waals surface area contributed by atoms with Gasteiger partial charge in [0.15, 0.2) is 39.7 Å². The highest BCUT2D eigenvalue weighted by atomic mass is 16.5. The zero-order chi connectivity index (χ0) is 84.5. The van der Waals surface area contributed by atoms with Crippen molar-refractivity contribution in [3.8, 4) is 0 Å². The summed E-state index contributed by atoms with van der Waals surface area (Å²) in [6.45, 7) is 0.899. The molecule has 44 heteroatoms. The monoisotopic (exact) mass is 1610 g/mol. The summed E-state index contributed by atoms with van der Waals surface area (Å²) in [4.78, 5) is 218. The van der Waals surface area contributed by atoms with Crippen LogP contribution in [0.1, 0.15) is 151 Å². The molecule has 3 unspecified atom stereocenters. The molecule has 44 nitrogen and oxygen atoms in total. The number of hydrogen-bond donors (Lipinski definition) is 18. The highest BCUT2D eigenvalue weighted by Crippen LogP contribution is 2.25.